The molecule has 2 heterocycles. The van der Waals surface area contributed by atoms with Crippen LogP contribution in [-0.4, -0.2) is 67.2 Å². The van der Waals surface area contributed by atoms with Crippen LogP contribution in [0.1, 0.15) is 65.7 Å². The van der Waals surface area contributed by atoms with Crippen molar-refractivity contribution in [3.05, 3.63) is 94.1 Å². The maximum Gasteiger partial charge on any atom is 0.310 e. The Bertz CT molecular complexity index is 1710. The summed E-state index contributed by atoms with van der Waals surface area (Å²) in [5.74, 6) is 0.708. The first-order valence-corrected chi connectivity index (χ1v) is 17.0. The number of ether oxygens (including phenoxy) is 3. The van der Waals surface area contributed by atoms with Gasteiger partial charge < -0.3 is 19.5 Å². The molecule has 48 heavy (non-hydrogen) atoms. The summed E-state index contributed by atoms with van der Waals surface area (Å²) in [5, 5.41) is 4.18. The summed E-state index contributed by atoms with van der Waals surface area (Å²) in [5.41, 5.74) is 3.73. The molecule has 1 saturated heterocycles. The number of nitrogens with zero attached hydrogens (tertiary/aromatic N) is 2. The van der Waals surface area contributed by atoms with Gasteiger partial charge in [-0.25, -0.2) is 0 Å². The lowest BCUT2D eigenvalue weighted by atomic mass is 10.1. The normalized spacial score (nSPS) is 13.3. The Balaban J connectivity index is 1.04. The molecule has 0 aliphatic carbocycles. The monoisotopic (exact) mass is 673 g/mol. The highest BCUT2D eigenvalue weighted by Crippen LogP contribution is 2.31. The van der Waals surface area contributed by atoms with Gasteiger partial charge in [-0.15, -0.1) is 0 Å². The molecule has 1 N–H and O–H groups in total. The summed E-state index contributed by atoms with van der Waals surface area (Å²) in [6.45, 7) is 6.22. The third-order valence-corrected chi connectivity index (χ3v) is 8.89. The number of aromatic nitrogens is 1. The minimum atomic E-state index is -0.434. The van der Waals surface area contributed by atoms with Gasteiger partial charge in [-0.05, 0) is 111 Å². The van der Waals surface area contributed by atoms with Crippen molar-refractivity contribution >= 4 is 40.3 Å². The van der Waals surface area contributed by atoms with Crippen molar-refractivity contribution in [3.8, 4) is 11.5 Å². The van der Waals surface area contributed by atoms with Crippen molar-refractivity contribution in [1.82, 2.24) is 14.8 Å². The number of carbonyl (C=O) groups excluding carboxylic acids is 3. The van der Waals surface area contributed by atoms with Crippen LogP contribution in [-0.2, 0) is 27.3 Å². The van der Waals surface area contributed by atoms with Crippen LogP contribution >= 0.6 is 11.6 Å². The minimum absolute atomic E-state index is 0.0240. The van der Waals surface area contributed by atoms with Crippen LogP contribution in [0.3, 0.4) is 0 Å². The zero-order valence-electron chi connectivity index (χ0n) is 27.8. The second-order valence-corrected chi connectivity index (χ2v) is 12.6. The number of methoxy groups -OCH3 is 1. The molecule has 1 amide bonds. The molecular formula is C38H44ClN3O6. The summed E-state index contributed by atoms with van der Waals surface area (Å²) in [6.07, 6.45) is 5.18. The van der Waals surface area contributed by atoms with Gasteiger partial charge in [0.15, 0.2) is 0 Å². The SMILES string of the molecule is COc1ccc2c(c1)c(CC(=O)OCCCC(=O)NCCCOc1cccc(CN3CCCCC3)c1)c(C)n2C(=O)c1ccc(Cl)cc1. The second kappa shape index (κ2) is 17.2. The molecule has 0 radical (unpaired) electrons. The minimum Gasteiger partial charge on any atom is -0.497 e. The van der Waals surface area contributed by atoms with Gasteiger partial charge in [-0.3, -0.25) is 23.9 Å². The largest absolute Gasteiger partial charge is 0.497 e. The molecule has 254 valence electrons. The topological polar surface area (TPSA) is 99.1 Å². The van der Waals surface area contributed by atoms with Gasteiger partial charge in [0.1, 0.15) is 11.5 Å². The van der Waals surface area contributed by atoms with Crippen LogP contribution in [0, 0.1) is 6.92 Å². The molecule has 9 nitrogen and oxygen atoms in total. The Morgan fingerprint density at radius 2 is 1.69 bits per heavy atom. The molecule has 0 saturated carbocycles. The predicted molar refractivity (Wildman–Crippen MR) is 187 cm³/mol. The van der Waals surface area contributed by atoms with Crippen LogP contribution in [0.15, 0.2) is 66.7 Å². The molecule has 1 fully saturated rings. The van der Waals surface area contributed by atoms with E-state index in [-0.39, 0.29) is 31.3 Å². The van der Waals surface area contributed by atoms with Crippen molar-refractivity contribution in [1.29, 1.82) is 0 Å². The fourth-order valence-electron chi connectivity index (χ4n) is 6.10. The van der Waals surface area contributed by atoms with Crippen LogP contribution in [0.25, 0.3) is 10.9 Å². The van der Waals surface area contributed by atoms with Gasteiger partial charge >= 0.3 is 5.97 Å². The standard InChI is InChI=1S/C38H44ClN3O6/c1-27-33(34-24-31(46-2)16-17-35(34)42(27)38(45)29-12-14-30(39)15-13-29)25-37(44)48-21-7-11-36(43)40-18-8-22-47-32-10-6-9-28(23-32)26-41-19-4-3-5-20-41/h6,9-10,12-17,23-24H,3-5,7-8,11,18-22,25-26H2,1-2H3,(H,40,43). The first-order valence-electron chi connectivity index (χ1n) is 16.7. The quantitative estimate of drug-likeness (QED) is 0.110. The van der Waals surface area contributed by atoms with Crippen LogP contribution in [0.4, 0.5) is 0 Å². The molecule has 4 aromatic rings. The zero-order chi connectivity index (χ0) is 33.9. The maximum absolute atomic E-state index is 13.5. The highest BCUT2D eigenvalue weighted by Gasteiger charge is 2.22. The fourth-order valence-corrected chi connectivity index (χ4v) is 6.22. The second-order valence-electron chi connectivity index (χ2n) is 12.1. The number of carbonyl (C=O) groups is 3. The molecule has 0 bridgehead atoms. The molecule has 1 aliphatic rings. The number of nitrogens with one attached hydrogen (secondary N) is 1. The van der Waals surface area contributed by atoms with Crippen molar-refractivity contribution in [2.75, 3.05) is 40.0 Å². The van der Waals surface area contributed by atoms with E-state index >= 15 is 0 Å². The predicted octanol–water partition coefficient (Wildman–Crippen LogP) is 6.74. The highest BCUT2D eigenvalue weighted by atomic mass is 35.5. The summed E-state index contributed by atoms with van der Waals surface area (Å²) >= 11 is 6.02. The summed E-state index contributed by atoms with van der Waals surface area (Å²) in [7, 11) is 1.57. The lowest BCUT2D eigenvalue weighted by Gasteiger charge is -2.26. The molecule has 1 aromatic heterocycles. The molecule has 0 unspecified atom stereocenters. The Labute approximate surface area is 287 Å². The third kappa shape index (κ3) is 9.39. The van der Waals surface area contributed by atoms with Gasteiger partial charge in [-0.2, -0.15) is 0 Å². The average molecular weight is 674 g/mol. The van der Waals surface area contributed by atoms with Crippen molar-refractivity contribution in [2.45, 2.75) is 58.4 Å². The molecular weight excluding hydrogens is 630 g/mol. The zero-order valence-corrected chi connectivity index (χ0v) is 28.5. The number of piperidine rings is 1. The molecule has 0 spiro atoms. The van der Waals surface area contributed by atoms with E-state index in [1.807, 2.05) is 31.2 Å². The van der Waals surface area contributed by atoms with Gasteiger partial charge in [0, 0.05) is 41.2 Å². The number of amides is 1. The number of hydrogen-bond acceptors (Lipinski definition) is 7. The van der Waals surface area contributed by atoms with Crippen molar-refractivity contribution in [3.63, 3.8) is 0 Å². The molecule has 0 atom stereocenters. The van der Waals surface area contributed by atoms with E-state index in [0.29, 0.717) is 59.1 Å². The first-order chi connectivity index (χ1) is 23.3. The number of benzene rings is 3. The molecule has 5 rings (SSSR count). The van der Waals surface area contributed by atoms with E-state index in [9.17, 15) is 14.4 Å². The van der Waals surface area contributed by atoms with Crippen molar-refractivity contribution in [2.24, 2.45) is 0 Å². The smallest absolute Gasteiger partial charge is 0.310 e. The van der Waals surface area contributed by atoms with E-state index in [1.54, 1.807) is 42.0 Å². The fraction of sp³-hybridized carbons (Fsp3) is 0.395. The van der Waals surface area contributed by atoms with E-state index in [4.69, 9.17) is 25.8 Å². The molecule has 3 aromatic carbocycles. The number of rotatable bonds is 15. The summed E-state index contributed by atoms with van der Waals surface area (Å²) in [6, 6.07) is 20.3. The number of halogens is 1. The van der Waals surface area contributed by atoms with Crippen molar-refractivity contribution < 1.29 is 28.6 Å². The average Bonchev–Trinajstić information content (AvgIpc) is 3.36. The van der Waals surface area contributed by atoms with Gasteiger partial charge in [-0.1, -0.05) is 30.2 Å². The van der Waals surface area contributed by atoms with Crippen LogP contribution in [0.2, 0.25) is 5.02 Å². The molecule has 10 heteroatoms. The number of fused-ring (bicyclic) bond motifs is 1. The van der Waals surface area contributed by atoms with E-state index < -0.39 is 5.97 Å². The van der Waals surface area contributed by atoms with Gasteiger partial charge in [0.25, 0.3) is 5.91 Å². The van der Waals surface area contributed by atoms with Gasteiger partial charge in [0.05, 0.1) is 32.3 Å². The Morgan fingerprint density at radius 3 is 2.46 bits per heavy atom. The van der Waals surface area contributed by atoms with E-state index in [0.717, 1.165) is 30.8 Å². The highest BCUT2D eigenvalue weighted by molar-refractivity contribution is 6.30. The van der Waals surface area contributed by atoms with Crippen LogP contribution in [0.5, 0.6) is 11.5 Å². The van der Waals surface area contributed by atoms with E-state index in [2.05, 4.69) is 22.3 Å². The Kier molecular flexibility index (Phi) is 12.5. The maximum atomic E-state index is 13.5. The summed E-state index contributed by atoms with van der Waals surface area (Å²) < 4.78 is 18.4. The summed E-state index contributed by atoms with van der Waals surface area (Å²) in [4.78, 5) is 41.2. The Hall–Kier alpha value is -4.34. The van der Waals surface area contributed by atoms with Crippen LogP contribution < -0.4 is 14.8 Å². The number of likely N-dealkylation sites (tertiary alicyclic amines) is 1. The lowest BCUT2D eigenvalue weighted by Crippen LogP contribution is -2.29. The van der Waals surface area contributed by atoms with Gasteiger partial charge in [0.2, 0.25) is 5.91 Å². The number of esters is 1. The van der Waals surface area contributed by atoms with E-state index in [1.165, 1.54) is 24.8 Å². The first kappa shape index (κ1) is 35.0. The third-order valence-electron chi connectivity index (χ3n) is 8.63. The molecule has 1 aliphatic heterocycles. The Morgan fingerprint density at radius 1 is 0.896 bits per heavy atom. The number of hydrogen-bond donors (Lipinski definition) is 1. The lowest BCUT2D eigenvalue weighted by molar-refractivity contribution is -0.143.